The topological polar surface area (TPSA) is 105 Å². The molecule has 106 valence electrons. The Morgan fingerprint density at radius 3 is 2.60 bits per heavy atom. The minimum Gasteiger partial charge on any atom is -0.348 e. The number of nitrogens with two attached hydrogens (primary N) is 1. The van der Waals surface area contributed by atoms with Crippen molar-refractivity contribution in [3.05, 3.63) is 29.6 Å². The van der Waals surface area contributed by atoms with E-state index in [1.165, 1.54) is 0 Å². The second kappa shape index (κ2) is 6.11. The van der Waals surface area contributed by atoms with E-state index < -0.39 is 0 Å². The molecule has 0 aliphatic rings. The fourth-order valence-electron chi connectivity index (χ4n) is 1.57. The highest BCUT2D eigenvalue weighted by Gasteiger charge is 2.08. The molecule has 20 heavy (non-hydrogen) atoms. The molecule has 2 heterocycles. The lowest BCUT2D eigenvalue weighted by Gasteiger charge is -2.13. The summed E-state index contributed by atoms with van der Waals surface area (Å²) in [6.45, 7) is 2.54. The molecule has 0 atom stereocenters. The highest BCUT2D eigenvalue weighted by molar-refractivity contribution is 5.42. The summed E-state index contributed by atoms with van der Waals surface area (Å²) < 4.78 is 0. The largest absolute Gasteiger partial charge is 0.348 e. The lowest BCUT2D eigenvalue weighted by Crippen LogP contribution is -2.19. The van der Waals surface area contributed by atoms with Crippen LogP contribution in [0.3, 0.4) is 0 Å². The van der Waals surface area contributed by atoms with E-state index in [4.69, 9.17) is 5.84 Å². The van der Waals surface area contributed by atoms with Crippen LogP contribution in [0.1, 0.15) is 11.3 Å². The molecule has 0 aliphatic carbocycles. The summed E-state index contributed by atoms with van der Waals surface area (Å²) >= 11 is 0. The Morgan fingerprint density at radius 2 is 1.95 bits per heavy atom. The predicted molar refractivity (Wildman–Crippen MR) is 78.3 cm³/mol. The normalized spacial score (nSPS) is 10.2. The number of pyridine rings is 1. The molecule has 0 radical (unpaired) electrons. The molecule has 0 saturated carbocycles. The maximum atomic E-state index is 5.36. The lowest BCUT2D eigenvalue weighted by molar-refractivity contribution is 0.926. The van der Waals surface area contributed by atoms with E-state index in [0.717, 1.165) is 11.3 Å². The monoisotopic (exact) mass is 274 g/mol. The second-order valence-corrected chi connectivity index (χ2v) is 4.44. The van der Waals surface area contributed by atoms with Crippen molar-refractivity contribution < 1.29 is 0 Å². The Kier molecular flexibility index (Phi) is 4.26. The lowest BCUT2D eigenvalue weighted by atomic mass is 10.2. The first-order valence-electron chi connectivity index (χ1n) is 6.14. The van der Waals surface area contributed by atoms with Crippen LogP contribution in [0.5, 0.6) is 0 Å². The minimum absolute atomic E-state index is 0.309. The Morgan fingerprint density at radius 1 is 1.20 bits per heavy atom. The van der Waals surface area contributed by atoms with Gasteiger partial charge in [-0.1, -0.05) is 6.07 Å². The van der Waals surface area contributed by atoms with Crippen molar-refractivity contribution in [2.75, 3.05) is 29.7 Å². The molecule has 0 amide bonds. The zero-order valence-corrected chi connectivity index (χ0v) is 11.8. The summed E-state index contributed by atoms with van der Waals surface area (Å²) in [6, 6.07) is 3.91. The summed E-state index contributed by atoms with van der Waals surface area (Å²) in [4.78, 5) is 18.7. The first-order chi connectivity index (χ1) is 9.60. The standard InChI is InChI=1S/C12H18N8/c1-8-5-4-6-14-9(8)7-15-10-16-11(19-13)18-12(17-10)20(2)3/h4-6H,7,13H2,1-3H3,(H2,15,16,17,18,19). The van der Waals surface area contributed by atoms with Crippen molar-refractivity contribution in [1.29, 1.82) is 0 Å². The van der Waals surface area contributed by atoms with E-state index in [2.05, 4.69) is 30.7 Å². The van der Waals surface area contributed by atoms with Crippen LogP contribution in [0.15, 0.2) is 18.3 Å². The van der Waals surface area contributed by atoms with Crippen LogP contribution in [0.4, 0.5) is 17.8 Å². The van der Waals surface area contributed by atoms with E-state index >= 15 is 0 Å². The molecule has 0 aliphatic heterocycles. The van der Waals surface area contributed by atoms with E-state index in [-0.39, 0.29) is 0 Å². The Balaban J connectivity index is 2.17. The average molecular weight is 274 g/mol. The fraction of sp³-hybridized carbons (Fsp3) is 0.333. The number of hydrogen-bond acceptors (Lipinski definition) is 8. The third kappa shape index (κ3) is 3.29. The highest BCUT2D eigenvalue weighted by Crippen LogP contribution is 2.12. The first kappa shape index (κ1) is 13.9. The third-order valence-electron chi connectivity index (χ3n) is 2.68. The molecule has 0 bridgehead atoms. The third-order valence-corrected chi connectivity index (χ3v) is 2.68. The molecular weight excluding hydrogens is 256 g/mol. The Bertz CT molecular complexity index is 583. The van der Waals surface area contributed by atoms with Gasteiger partial charge in [0.05, 0.1) is 12.2 Å². The van der Waals surface area contributed by atoms with Crippen molar-refractivity contribution in [3.63, 3.8) is 0 Å². The van der Waals surface area contributed by atoms with Crippen molar-refractivity contribution >= 4 is 17.8 Å². The van der Waals surface area contributed by atoms with Crippen LogP contribution in [0.2, 0.25) is 0 Å². The molecule has 2 aromatic rings. The van der Waals surface area contributed by atoms with Gasteiger partial charge in [-0.2, -0.15) is 15.0 Å². The van der Waals surface area contributed by atoms with Crippen molar-refractivity contribution in [2.24, 2.45) is 5.84 Å². The van der Waals surface area contributed by atoms with Gasteiger partial charge in [-0.15, -0.1) is 0 Å². The summed E-state index contributed by atoms with van der Waals surface area (Å²) in [7, 11) is 3.70. The van der Waals surface area contributed by atoms with Crippen molar-refractivity contribution in [3.8, 4) is 0 Å². The van der Waals surface area contributed by atoms with Gasteiger partial charge in [0.15, 0.2) is 0 Å². The predicted octanol–water partition coefficient (Wildman–Crippen LogP) is 0.539. The number of rotatable bonds is 5. The number of nitrogens with zero attached hydrogens (tertiary/aromatic N) is 5. The highest BCUT2D eigenvalue weighted by atomic mass is 15.4. The number of nitrogen functional groups attached to an aromatic ring is 1. The van der Waals surface area contributed by atoms with Gasteiger partial charge in [0.25, 0.3) is 0 Å². The molecule has 2 rings (SSSR count). The number of nitrogens with one attached hydrogen (secondary N) is 2. The van der Waals surface area contributed by atoms with Gasteiger partial charge in [0.1, 0.15) is 0 Å². The number of hydrazine groups is 1. The molecule has 0 unspecified atom stereocenters. The van der Waals surface area contributed by atoms with E-state index in [1.807, 2.05) is 33.2 Å². The summed E-state index contributed by atoms with van der Waals surface area (Å²) in [5, 5.41) is 3.12. The Hall–Kier alpha value is -2.48. The summed E-state index contributed by atoms with van der Waals surface area (Å²) in [5.41, 5.74) is 4.48. The number of aryl methyl sites for hydroxylation is 1. The average Bonchev–Trinajstić information content (AvgIpc) is 2.46. The van der Waals surface area contributed by atoms with Crippen molar-refractivity contribution in [2.45, 2.75) is 13.5 Å². The van der Waals surface area contributed by atoms with Gasteiger partial charge >= 0.3 is 0 Å². The van der Waals surface area contributed by atoms with Gasteiger partial charge in [0.2, 0.25) is 17.8 Å². The van der Waals surface area contributed by atoms with E-state index in [0.29, 0.717) is 24.4 Å². The van der Waals surface area contributed by atoms with E-state index in [1.54, 1.807) is 11.1 Å². The second-order valence-electron chi connectivity index (χ2n) is 4.44. The first-order valence-corrected chi connectivity index (χ1v) is 6.14. The number of anilines is 3. The molecule has 0 fully saturated rings. The molecule has 8 nitrogen and oxygen atoms in total. The number of hydrogen-bond donors (Lipinski definition) is 3. The summed E-state index contributed by atoms with van der Waals surface area (Å²) in [6.07, 6.45) is 1.76. The smallest absolute Gasteiger partial charge is 0.243 e. The molecule has 0 saturated heterocycles. The molecule has 8 heteroatoms. The minimum atomic E-state index is 0.309. The van der Waals surface area contributed by atoms with Gasteiger partial charge in [-0.25, -0.2) is 5.84 Å². The van der Waals surface area contributed by atoms with Gasteiger partial charge in [-0.3, -0.25) is 10.4 Å². The molecule has 0 aromatic carbocycles. The van der Waals surface area contributed by atoms with Crippen LogP contribution in [0, 0.1) is 6.92 Å². The van der Waals surface area contributed by atoms with Crippen molar-refractivity contribution in [1.82, 2.24) is 19.9 Å². The Labute approximate surface area is 117 Å². The molecule has 4 N–H and O–H groups in total. The van der Waals surface area contributed by atoms with Gasteiger partial charge < -0.3 is 10.2 Å². The molecule has 2 aromatic heterocycles. The van der Waals surface area contributed by atoms with Crippen LogP contribution < -0.4 is 21.5 Å². The zero-order chi connectivity index (χ0) is 14.5. The van der Waals surface area contributed by atoms with Crippen LogP contribution in [-0.4, -0.2) is 34.0 Å². The van der Waals surface area contributed by atoms with Gasteiger partial charge in [-0.05, 0) is 18.6 Å². The van der Waals surface area contributed by atoms with Crippen LogP contribution >= 0.6 is 0 Å². The number of aromatic nitrogens is 4. The maximum Gasteiger partial charge on any atom is 0.243 e. The van der Waals surface area contributed by atoms with E-state index in [9.17, 15) is 0 Å². The maximum absolute atomic E-state index is 5.36. The fourth-order valence-corrected chi connectivity index (χ4v) is 1.57. The van der Waals surface area contributed by atoms with Crippen LogP contribution in [-0.2, 0) is 6.54 Å². The van der Waals surface area contributed by atoms with Gasteiger partial charge in [0, 0.05) is 20.3 Å². The van der Waals surface area contributed by atoms with Crippen LogP contribution in [0.25, 0.3) is 0 Å². The molecule has 0 spiro atoms. The molecular formula is C12H18N8. The SMILES string of the molecule is Cc1cccnc1CNc1nc(NN)nc(N(C)C)n1. The summed E-state index contributed by atoms with van der Waals surface area (Å²) in [5.74, 6) is 6.63. The zero-order valence-electron chi connectivity index (χ0n) is 11.8. The quantitative estimate of drug-likeness (QED) is 0.536.